The van der Waals surface area contributed by atoms with Crippen molar-refractivity contribution in [3.63, 3.8) is 0 Å². The fourth-order valence-electron chi connectivity index (χ4n) is 5.87. The summed E-state index contributed by atoms with van der Waals surface area (Å²) in [6, 6.07) is 25.3. The lowest BCUT2D eigenvalue weighted by Gasteiger charge is -2.16. The molecule has 0 fully saturated rings. The van der Waals surface area contributed by atoms with Crippen LogP contribution in [-0.2, 0) is 0 Å². The number of nitrogens with zero attached hydrogens (tertiary/aromatic N) is 4. The number of furan rings is 1. The van der Waals surface area contributed by atoms with Crippen molar-refractivity contribution in [2.24, 2.45) is 0 Å². The summed E-state index contributed by atoms with van der Waals surface area (Å²) in [5.74, 6) is 1.72. The monoisotopic (exact) mass is 508 g/mol. The number of aryl methyl sites for hydroxylation is 4. The molecule has 0 unspecified atom stereocenters. The first-order chi connectivity index (χ1) is 19.0. The Kier molecular flexibility index (Phi) is 5.27. The lowest BCUT2D eigenvalue weighted by Crippen LogP contribution is -2.03. The Morgan fingerprint density at radius 3 is 1.79 bits per heavy atom. The van der Waals surface area contributed by atoms with Crippen molar-refractivity contribution >= 4 is 21.9 Å². The van der Waals surface area contributed by atoms with E-state index in [1.165, 1.54) is 22.3 Å². The highest BCUT2D eigenvalue weighted by atomic mass is 16.3. The summed E-state index contributed by atoms with van der Waals surface area (Å²) in [4.78, 5) is 9.73. The van der Waals surface area contributed by atoms with Crippen LogP contribution in [0, 0.1) is 27.7 Å². The second-order valence-electron chi connectivity index (χ2n) is 10.2. The minimum Gasteiger partial charge on any atom is -0.455 e. The molecule has 5 nitrogen and oxygen atoms in total. The third-order valence-electron chi connectivity index (χ3n) is 7.62. The molecule has 0 aliphatic rings. The molecule has 0 aliphatic carbocycles. The van der Waals surface area contributed by atoms with Crippen LogP contribution in [0.1, 0.15) is 22.3 Å². The van der Waals surface area contributed by atoms with Gasteiger partial charge in [0.15, 0.2) is 0 Å². The van der Waals surface area contributed by atoms with Gasteiger partial charge in [-0.05, 0) is 68.1 Å². The zero-order valence-electron chi connectivity index (χ0n) is 22.4. The lowest BCUT2D eigenvalue weighted by atomic mass is 10.0. The number of rotatable bonds is 4. The number of aromatic nitrogens is 4. The first kappa shape index (κ1) is 23.2. The third-order valence-corrected chi connectivity index (χ3v) is 7.62. The molecule has 0 N–H and O–H groups in total. The van der Waals surface area contributed by atoms with E-state index < -0.39 is 0 Å². The van der Waals surface area contributed by atoms with Crippen molar-refractivity contribution in [1.29, 1.82) is 0 Å². The lowest BCUT2D eigenvalue weighted by molar-refractivity contribution is 0.669. The molecule has 7 rings (SSSR count). The maximum Gasteiger partial charge on any atom is 0.148 e. The number of imidazole rings is 2. The molecular weight excluding hydrogens is 480 g/mol. The van der Waals surface area contributed by atoms with Gasteiger partial charge in [0, 0.05) is 41.1 Å². The van der Waals surface area contributed by atoms with Crippen molar-refractivity contribution in [3.8, 4) is 34.2 Å². The van der Waals surface area contributed by atoms with Gasteiger partial charge < -0.3 is 4.42 Å². The zero-order chi connectivity index (χ0) is 26.7. The largest absolute Gasteiger partial charge is 0.455 e. The van der Waals surface area contributed by atoms with Crippen LogP contribution in [0.3, 0.4) is 0 Å². The Morgan fingerprint density at radius 1 is 0.590 bits per heavy atom. The van der Waals surface area contributed by atoms with Crippen molar-refractivity contribution in [2.45, 2.75) is 27.7 Å². The number of fused-ring (bicyclic) bond motifs is 3. The molecule has 0 saturated carbocycles. The number of para-hydroxylation sites is 3. The molecule has 0 saturated heterocycles. The Balaban J connectivity index is 1.54. The predicted molar refractivity (Wildman–Crippen MR) is 158 cm³/mol. The van der Waals surface area contributed by atoms with Gasteiger partial charge in [-0.25, -0.2) is 9.97 Å². The van der Waals surface area contributed by atoms with E-state index >= 15 is 0 Å². The van der Waals surface area contributed by atoms with Gasteiger partial charge in [0.25, 0.3) is 0 Å². The second-order valence-corrected chi connectivity index (χ2v) is 10.2. The number of hydrogen-bond donors (Lipinski definition) is 0. The van der Waals surface area contributed by atoms with E-state index in [0.29, 0.717) is 0 Å². The average Bonchev–Trinajstić information content (AvgIpc) is 3.67. The molecule has 0 spiro atoms. The van der Waals surface area contributed by atoms with Gasteiger partial charge in [0.1, 0.15) is 22.8 Å². The minimum atomic E-state index is 0.823. The van der Waals surface area contributed by atoms with Gasteiger partial charge in [-0.2, -0.15) is 0 Å². The molecule has 190 valence electrons. The van der Waals surface area contributed by atoms with E-state index in [0.717, 1.165) is 56.1 Å². The second kappa shape index (κ2) is 8.84. The van der Waals surface area contributed by atoms with Gasteiger partial charge in [-0.3, -0.25) is 9.13 Å². The smallest absolute Gasteiger partial charge is 0.148 e. The maximum atomic E-state index is 6.50. The Morgan fingerprint density at radius 2 is 1.15 bits per heavy atom. The van der Waals surface area contributed by atoms with E-state index in [2.05, 4.69) is 97.5 Å². The standard InChI is InChI=1S/C34H28N4O/c1-21-9-7-10-22(2)30(21)37-17-15-35-33(37)25-19-27-26-13-5-6-14-29(26)39-32(27)28(20-25)34-36-16-18-38(34)31-23(3)11-8-12-24(31)4/h5-20H,1-4H3. The molecule has 7 aromatic rings. The van der Waals surface area contributed by atoms with Crippen molar-refractivity contribution in [2.75, 3.05) is 0 Å². The van der Waals surface area contributed by atoms with Gasteiger partial charge >= 0.3 is 0 Å². The van der Waals surface area contributed by atoms with Crippen LogP contribution in [0.25, 0.3) is 56.1 Å². The molecule has 4 aromatic carbocycles. The molecule has 3 aromatic heterocycles. The predicted octanol–water partition coefficient (Wildman–Crippen LogP) is 8.53. The summed E-state index contributed by atoms with van der Waals surface area (Å²) in [6.07, 6.45) is 7.80. The van der Waals surface area contributed by atoms with Gasteiger partial charge in [0.05, 0.1) is 16.9 Å². The van der Waals surface area contributed by atoms with Crippen LogP contribution >= 0.6 is 0 Å². The number of hydrogen-bond acceptors (Lipinski definition) is 3. The topological polar surface area (TPSA) is 48.8 Å². The van der Waals surface area contributed by atoms with Crippen molar-refractivity contribution < 1.29 is 4.42 Å². The summed E-state index contributed by atoms with van der Waals surface area (Å²) >= 11 is 0. The summed E-state index contributed by atoms with van der Waals surface area (Å²) < 4.78 is 10.9. The highest BCUT2D eigenvalue weighted by Gasteiger charge is 2.21. The van der Waals surface area contributed by atoms with Crippen molar-refractivity contribution in [1.82, 2.24) is 19.1 Å². The van der Waals surface area contributed by atoms with E-state index in [-0.39, 0.29) is 0 Å². The molecule has 0 atom stereocenters. The average molecular weight is 509 g/mol. The first-order valence-electron chi connectivity index (χ1n) is 13.2. The van der Waals surface area contributed by atoms with Gasteiger partial charge in [0.2, 0.25) is 0 Å². The molecule has 0 amide bonds. The molecule has 0 radical (unpaired) electrons. The van der Waals surface area contributed by atoms with Crippen LogP contribution in [-0.4, -0.2) is 19.1 Å². The van der Waals surface area contributed by atoms with Crippen LogP contribution in [0.15, 0.2) is 102 Å². The highest BCUT2D eigenvalue weighted by Crippen LogP contribution is 2.40. The van der Waals surface area contributed by atoms with Crippen LogP contribution in [0.5, 0.6) is 0 Å². The minimum absolute atomic E-state index is 0.823. The SMILES string of the molecule is Cc1cccc(C)c1-n1ccnc1-c1cc(-c2nccn2-c2c(C)cccc2C)c2oc3ccccc3c2c1. The van der Waals surface area contributed by atoms with Crippen molar-refractivity contribution in [3.05, 3.63) is 120 Å². The quantitative estimate of drug-likeness (QED) is 0.239. The molecule has 39 heavy (non-hydrogen) atoms. The van der Waals surface area contributed by atoms with Gasteiger partial charge in [-0.15, -0.1) is 0 Å². The van der Waals surface area contributed by atoms with Gasteiger partial charge in [-0.1, -0.05) is 54.6 Å². The molecule has 0 bridgehead atoms. The number of benzene rings is 4. The van der Waals surface area contributed by atoms with E-state index in [1.807, 2.05) is 36.9 Å². The summed E-state index contributed by atoms with van der Waals surface area (Å²) in [5, 5.41) is 2.12. The summed E-state index contributed by atoms with van der Waals surface area (Å²) in [7, 11) is 0. The maximum absolute atomic E-state index is 6.50. The normalized spacial score (nSPS) is 11.6. The van der Waals surface area contributed by atoms with E-state index in [9.17, 15) is 0 Å². The molecule has 3 heterocycles. The Bertz CT molecular complexity index is 1980. The van der Waals surface area contributed by atoms with Crippen LogP contribution in [0.4, 0.5) is 0 Å². The van der Waals surface area contributed by atoms with E-state index in [1.54, 1.807) is 0 Å². The summed E-state index contributed by atoms with van der Waals surface area (Å²) in [6.45, 7) is 8.57. The molecular formula is C34H28N4O. The molecule has 5 heteroatoms. The Labute approximate surface area is 227 Å². The zero-order valence-corrected chi connectivity index (χ0v) is 22.4. The fourth-order valence-corrected chi connectivity index (χ4v) is 5.87. The fraction of sp³-hybridized carbons (Fsp3) is 0.118. The third kappa shape index (κ3) is 3.62. The van der Waals surface area contributed by atoms with Crippen LogP contribution in [0.2, 0.25) is 0 Å². The first-order valence-corrected chi connectivity index (χ1v) is 13.2. The molecule has 0 aliphatic heterocycles. The highest BCUT2D eigenvalue weighted by molar-refractivity contribution is 6.10. The van der Waals surface area contributed by atoms with Crippen LogP contribution < -0.4 is 0 Å². The Hall–Kier alpha value is -4.90. The van der Waals surface area contributed by atoms with E-state index in [4.69, 9.17) is 14.4 Å². The summed E-state index contributed by atoms with van der Waals surface area (Å²) in [5.41, 5.74) is 10.7.